The Labute approximate surface area is 173 Å². The van der Waals surface area contributed by atoms with E-state index in [0.717, 1.165) is 42.6 Å². The Morgan fingerprint density at radius 1 is 1.10 bits per heavy atom. The van der Waals surface area contributed by atoms with Crippen LogP contribution in [0.4, 0.5) is 0 Å². The zero-order valence-electron chi connectivity index (χ0n) is 17.1. The standard InChI is InChI=1S/C22H27N2O4P/c1-23-10-8-16(9-11-23)28-17-5-7-22-24(14-17)21(25)13-20(29-22)15-4-6-18(26-2)19(12-15)27-3/h4-7,12-14,16,22,29H,8-11H2,1-3H3. The predicted molar refractivity (Wildman–Crippen MR) is 115 cm³/mol. The highest BCUT2D eigenvalue weighted by Gasteiger charge is 2.30. The van der Waals surface area contributed by atoms with Crippen molar-refractivity contribution in [2.75, 3.05) is 34.4 Å². The average Bonchev–Trinajstić information content (AvgIpc) is 2.75. The van der Waals surface area contributed by atoms with Crippen LogP contribution in [0.1, 0.15) is 18.4 Å². The minimum Gasteiger partial charge on any atom is -0.493 e. The first kappa shape index (κ1) is 20.0. The largest absolute Gasteiger partial charge is 0.493 e. The summed E-state index contributed by atoms with van der Waals surface area (Å²) in [5.74, 6) is 2.13. The molecule has 0 aliphatic carbocycles. The molecule has 154 valence electrons. The normalized spacial score (nSPS) is 23.5. The summed E-state index contributed by atoms with van der Waals surface area (Å²) in [5, 5.41) is 1.02. The van der Waals surface area contributed by atoms with Crippen molar-refractivity contribution in [3.63, 3.8) is 0 Å². The first-order valence-electron chi connectivity index (χ1n) is 9.85. The fourth-order valence-corrected chi connectivity index (χ4v) is 5.17. The zero-order valence-corrected chi connectivity index (χ0v) is 18.1. The van der Waals surface area contributed by atoms with Crippen LogP contribution in [0.5, 0.6) is 11.5 Å². The Hall–Kier alpha value is -2.30. The number of ether oxygens (including phenoxy) is 3. The van der Waals surface area contributed by atoms with Gasteiger partial charge in [0.15, 0.2) is 11.5 Å². The van der Waals surface area contributed by atoms with Crippen molar-refractivity contribution in [2.24, 2.45) is 0 Å². The molecule has 1 aromatic rings. The number of allylic oxidation sites excluding steroid dienone is 1. The van der Waals surface area contributed by atoms with Crippen molar-refractivity contribution in [2.45, 2.75) is 24.7 Å². The highest BCUT2D eigenvalue weighted by atomic mass is 31.1. The van der Waals surface area contributed by atoms with E-state index in [0.29, 0.717) is 20.1 Å². The minimum absolute atomic E-state index is 0.0210. The molecule has 7 heteroatoms. The van der Waals surface area contributed by atoms with Crippen molar-refractivity contribution in [3.05, 3.63) is 53.9 Å². The maximum Gasteiger partial charge on any atom is 0.252 e. The molecule has 0 bridgehead atoms. The SMILES string of the molecule is COc1ccc(C2=CC(=O)N3C=C(OC4CCN(C)CC4)C=CC3P2)cc1OC. The lowest BCUT2D eigenvalue weighted by molar-refractivity contribution is -0.124. The van der Waals surface area contributed by atoms with Crippen LogP contribution >= 0.6 is 8.58 Å². The van der Waals surface area contributed by atoms with Gasteiger partial charge in [-0.05, 0) is 49.0 Å². The molecule has 1 fully saturated rings. The van der Waals surface area contributed by atoms with Crippen LogP contribution in [0.15, 0.2) is 48.4 Å². The first-order chi connectivity index (χ1) is 14.1. The summed E-state index contributed by atoms with van der Waals surface area (Å²) in [6.07, 6.45) is 9.93. The van der Waals surface area contributed by atoms with Crippen LogP contribution < -0.4 is 9.47 Å². The quantitative estimate of drug-likeness (QED) is 0.692. The van der Waals surface area contributed by atoms with E-state index in [4.69, 9.17) is 14.2 Å². The number of benzene rings is 1. The number of hydrogen-bond acceptors (Lipinski definition) is 5. The van der Waals surface area contributed by atoms with Gasteiger partial charge < -0.3 is 24.0 Å². The number of nitrogens with zero attached hydrogens (tertiary/aromatic N) is 2. The third-order valence-electron chi connectivity index (χ3n) is 5.50. The molecule has 3 heterocycles. The number of amides is 1. The topological polar surface area (TPSA) is 51.2 Å². The van der Waals surface area contributed by atoms with Crippen LogP contribution in [0, 0.1) is 0 Å². The number of rotatable bonds is 5. The van der Waals surface area contributed by atoms with E-state index in [1.807, 2.05) is 30.5 Å². The Morgan fingerprint density at radius 3 is 2.59 bits per heavy atom. The molecule has 0 N–H and O–H groups in total. The van der Waals surface area contributed by atoms with E-state index in [9.17, 15) is 4.79 Å². The first-order valence-corrected chi connectivity index (χ1v) is 10.9. The predicted octanol–water partition coefficient (Wildman–Crippen LogP) is 3.41. The van der Waals surface area contributed by atoms with Gasteiger partial charge in [-0.25, -0.2) is 0 Å². The zero-order chi connectivity index (χ0) is 20.4. The number of carbonyl (C=O) groups excluding carboxylic acids is 1. The second kappa shape index (κ2) is 8.60. The van der Waals surface area contributed by atoms with Crippen molar-refractivity contribution in [1.29, 1.82) is 0 Å². The summed E-state index contributed by atoms with van der Waals surface area (Å²) in [7, 11) is 5.82. The molecule has 2 unspecified atom stereocenters. The van der Waals surface area contributed by atoms with Crippen molar-refractivity contribution >= 4 is 19.8 Å². The molecule has 1 saturated heterocycles. The molecule has 2 atom stereocenters. The molecule has 0 radical (unpaired) electrons. The van der Waals surface area contributed by atoms with Crippen LogP contribution in [-0.4, -0.2) is 62.0 Å². The third-order valence-corrected chi connectivity index (χ3v) is 7.01. The van der Waals surface area contributed by atoms with E-state index in [2.05, 4.69) is 18.0 Å². The van der Waals surface area contributed by atoms with Gasteiger partial charge in [0, 0.05) is 19.2 Å². The molecule has 0 aromatic heterocycles. The molecule has 1 aromatic carbocycles. The average molecular weight is 414 g/mol. The number of methoxy groups -OCH3 is 2. The molecule has 3 aliphatic heterocycles. The molecule has 29 heavy (non-hydrogen) atoms. The lowest BCUT2D eigenvalue weighted by Crippen LogP contribution is -2.37. The summed E-state index contributed by atoms with van der Waals surface area (Å²) >= 11 is 0. The molecule has 3 aliphatic rings. The summed E-state index contributed by atoms with van der Waals surface area (Å²) in [6, 6.07) is 5.78. The smallest absolute Gasteiger partial charge is 0.252 e. The maximum atomic E-state index is 12.8. The number of piperidine rings is 1. The summed E-state index contributed by atoms with van der Waals surface area (Å²) < 4.78 is 16.9. The van der Waals surface area contributed by atoms with Crippen LogP contribution in [0.25, 0.3) is 5.31 Å². The number of fused-ring (bicyclic) bond motifs is 1. The molecular formula is C22H27N2O4P. The van der Waals surface area contributed by atoms with E-state index in [-0.39, 0.29) is 17.8 Å². The number of likely N-dealkylation sites (tertiary alicyclic amines) is 1. The molecule has 0 saturated carbocycles. The van der Waals surface area contributed by atoms with Gasteiger partial charge in [0.1, 0.15) is 11.9 Å². The van der Waals surface area contributed by atoms with E-state index in [1.165, 1.54) is 0 Å². The van der Waals surface area contributed by atoms with Crippen molar-refractivity contribution in [1.82, 2.24) is 9.80 Å². The maximum absolute atomic E-state index is 12.8. The van der Waals surface area contributed by atoms with Gasteiger partial charge >= 0.3 is 0 Å². The van der Waals surface area contributed by atoms with Gasteiger partial charge in [-0.1, -0.05) is 20.7 Å². The van der Waals surface area contributed by atoms with Gasteiger partial charge in [-0.3, -0.25) is 4.79 Å². The lowest BCUT2D eigenvalue weighted by atomic mass is 10.1. The molecule has 4 rings (SSSR count). The van der Waals surface area contributed by atoms with Crippen LogP contribution in [-0.2, 0) is 9.53 Å². The Kier molecular flexibility index (Phi) is 5.93. The van der Waals surface area contributed by atoms with Crippen LogP contribution in [0.3, 0.4) is 0 Å². The van der Waals surface area contributed by atoms with Crippen molar-refractivity contribution < 1.29 is 19.0 Å². The second-order valence-corrected chi connectivity index (χ2v) is 8.89. The Morgan fingerprint density at radius 2 is 1.86 bits per heavy atom. The molecule has 0 spiro atoms. The van der Waals surface area contributed by atoms with E-state index in [1.54, 1.807) is 25.2 Å². The molecular weight excluding hydrogens is 387 g/mol. The van der Waals surface area contributed by atoms with Crippen LogP contribution in [0.2, 0.25) is 0 Å². The molecule has 6 nitrogen and oxygen atoms in total. The van der Waals surface area contributed by atoms with Gasteiger partial charge in [0.2, 0.25) is 0 Å². The second-order valence-electron chi connectivity index (χ2n) is 7.47. The Balaban J connectivity index is 1.49. The van der Waals surface area contributed by atoms with E-state index < -0.39 is 0 Å². The van der Waals surface area contributed by atoms with Gasteiger partial charge in [0.25, 0.3) is 5.91 Å². The van der Waals surface area contributed by atoms with Gasteiger partial charge in [-0.15, -0.1) is 0 Å². The number of carbonyl (C=O) groups is 1. The highest BCUT2D eigenvalue weighted by molar-refractivity contribution is 7.51. The fourth-order valence-electron chi connectivity index (χ4n) is 3.79. The Bertz CT molecular complexity index is 872. The molecule has 1 amide bonds. The van der Waals surface area contributed by atoms with Crippen molar-refractivity contribution in [3.8, 4) is 11.5 Å². The lowest BCUT2D eigenvalue weighted by Gasteiger charge is -2.35. The fraction of sp³-hybridized carbons (Fsp3) is 0.409. The van der Waals surface area contributed by atoms with Gasteiger partial charge in [0.05, 0.1) is 26.2 Å². The number of hydrogen-bond donors (Lipinski definition) is 0. The monoisotopic (exact) mass is 414 g/mol. The van der Waals surface area contributed by atoms with Gasteiger partial charge in [-0.2, -0.15) is 0 Å². The minimum atomic E-state index is -0.0210. The summed E-state index contributed by atoms with van der Waals surface area (Å²) in [5.41, 5.74) is 0.986. The highest BCUT2D eigenvalue weighted by Crippen LogP contribution is 2.46. The van der Waals surface area contributed by atoms with E-state index >= 15 is 0 Å². The third kappa shape index (κ3) is 4.34. The summed E-state index contributed by atoms with van der Waals surface area (Å²) in [4.78, 5) is 16.9. The summed E-state index contributed by atoms with van der Waals surface area (Å²) in [6.45, 7) is 2.09.